The molecule has 0 radical (unpaired) electrons. The fourth-order valence-electron chi connectivity index (χ4n) is 4.33. The van der Waals surface area contributed by atoms with Crippen LogP contribution in [-0.2, 0) is 4.79 Å². The number of rotatable bonds is 8. The van der Waals surface area contributed by atoms with E-state index in [1.807, 2.05) is 60.8 Å². The molecule has 0 aliphatic heterocycles. The molecule has 0 fully saturated rings. The van der Waals surface area contributed by atoms with E-state index in [2.05, 4.69) is 46.4 Å². The van der Waals surface area contributed by atoms with E-state index in [1.165, 1.54) is 5.57 Å². The van der Waals surface area contributed by atoms with Gasteiger partial charge in [-0.3, -0.25) is 10.1 Å². The first-order chi connectivity index (χ1) is 18.1. The van der Waals surface area contributed by atoms with Crippen LogP contribution in [0.3, 0.4) is 0 Å². The topological polar surface area (TPSA) is 88.1 Å². The molecule has 5 aromatic rings. The summed E-state index contributed by atoms with van der Waals surface area (Å²) >= 11 is 0. The normalized spacial score (nSPS) is 12.0. The molecule has 0 saturated carbocycles. The average molecular weight is 488 g/mol. The van der Waals surface area contributed by atoms with Crippen LogP contribution >= 0.6 is 0 Å². The molecule has 5 rings (SSSR count). The second-order valence-electron chi connectivity index (χ2n) is 8.48. The number of aromatic amines is 1. The Hall–Kier alpha value is -4.97. The Labute approximate surface area is 214 Å². The van der Waals surface area contributed by atoms with Gasteiger partial charge in [-0.2, -0.15) is 5.10 Å². The molecular weight excluding hydrogens is 462 g/mol. The fraction of sp³-hybridized carbons (Fsp3) is 0.0645. The highest BCUT2D eigenvalue weighted by molar-refractivity contribution is 6.00. The van der Waals surface area contributed by atoms with Gasteiger partial charge in [0.15, 0.2) is 0 Å². The third kappa shape index (κ3) is 5.49. The SMILES string of the molecule is CC/C(=C(/c1ccc(/C=C/C(=O)O)cc1)c1ccc2[nH]ncc2c1)c1ccc(Oc2ccncc2)cc1. The third-order valence-electron chi connectivity index (χ3n) is 6.09. The Morgan fingerprint density at radius 1 is 0.892 bits per heavy atom. The smallest absolute Gasteiger partial charge is 0.328 e. The number of aromatic nitrogens is 3. The summed E-state index contributed by atoms with van der Waals surface area (Å²) < 4.78 is 5.95. The highest BCUT2D eigenvalue weighted by atomic mass is 16.5. The number of hydrogen-bond acceptors (Lipinski definition) is 4. The van der Waals surface area contributed by atoms with E-state index in [0.717, 1.165) is 62.7 Å². The maximum Gasteiger partial charge on any atom is 0.328 e. The first kappa shape index (κ1) is 23.8. The van der Waals surface area contributed by atoms with Crippen molar-refractivity contribution in [2.24, 2.45) is 0 Å². The van der Waals surface area contributed by atoms with Crippen LogP contribution in [0.2, 0.25) is 0 Å². The van der Waals surface area contributed by atoms with Gasteiger partial charge < -0.3 is 9.84 Å². The molecule has 2 N–H and O–H groups in total. The van der Waals surface area contributed by atoms with Crippen LogP contribution in [0.1, 0.15) is 35.6 Å². The summed E-state index contributed by atoms with van der Waals surface area (Å²) in [6, 6.07) is 26.0. The van der Waals surface area contributed by atoms with Gasteiger partial charge in [-0.1, -0.05) is 49.4 Å². The summed E-state index contributed by atoms with van der Waals surface area (Å²) in [6.07, 6.45) is 8.78. The number of carbonyl (C=O) groups is 1. The van der Waals surface area contributed by atoms with Crippen molar-refractivity contribution in [1.29, 1.82) is 0 Å². The number of aliphatic carboxylic acids is 1. The predicted molar refractivity (Wildman–Crippen MR) is 146 cm³/mol. The van der Waals surface area contributed by atoms with Gasteiger partial charge in [-0.25, -0.2) is 4.79 Å². The molecule has 6 heteroatoms. The molecule has 3 aromatic carbocycles. The molecule has 0 bridgehead atoms. The van der Waals surface area contributed by atoms with E-state index in [1.54, 1.807) is 18.5 Å². The van der Waals surface area contributed by atoms with Crippen molar-refractivity contribution in [3.8, 4) is 11.5 Å². The quantitative estimate of drug-likeness (QED) is 0.178. The zero-order valence-electron chi connectivity index (χ0n) is 20.3. The van der Waals surface area contributed by atoms with Crippen molar-refractivity contribution in [3.63, 3.8) is 0 Å². The number of fused-ring (bicyclic) bond motifs is 1. The van der Waals surface area contributed by atoms with Crippen molar-refractivity contribution >= 4 is 34.1 Å². The van der Waals surface area contributed by atoms with E-state index in [9.17, 15) is 4.79 Å². The minimum absolute atomic E-state index is 0.736. The van der Waals surface area contributed by atoms with Crippen LogP contribution in [0, 0.1) is 0 Å². The lowest BCUT2D eigenvalue weighted by Crippen LogP contribution is -1.96. The first-order valence-electron chi connectivity index (χ1n) is 12.0. The van der Waals surface area contributed by atoms with Crippen LogP contribution in [0.25, 0.3) is 28.1 Å². The largest absolute Gasteiger partial charge is 0.478 e. The number of allylic oxidation sites excluding steroid dienone is 1. The second-order valence-corrected chi connectivity index (χ2v) is 8.48. The number of ether oxygens (including phenoxy) is 1. The van der Waals surface area contributed by atoms with Gasteiger partial charge >= 0.3 is 5.97 Å². The molecule has 0 atom stereocenters. The lowest BCUT2D eigenvalue weighted by molar-refractivity contribution is -0.131. The third-order valence-corrected chi connectivity index (χ3v) is 6.09. The van der Waals surface area contributed by atoms with Crippen LogP contribution < -0.4 is 4.74 Å². The van der Waals surface area contributed by atoms with Crippen molar-refractivity contribution in [3.05, 3.63) is 126 Å². The number of carboxylic acids is 1. The van der Waals surface area contributed by atoms with Gasteiger partial charge in [0.05, 0.1) is 11.7 Å². The molecule has 6 nitrogen and oxygen atoms in total. The van der Waals surface area contributed by atoms with Gasteiger partial charge in [-0.05, 0) is 82.3 Å². The van der Waals surface area contributed by atoms with E-state index >= 15 is 0 Å². The molecule has 0 spiro atoms. The minimum Gasteiger partial charge on any atom is -0.478 e. The van der Waals surface area contributed by atoms with Crippen LogP contribution in [0.5, 0.6) is 11.5 Å². The van der Waals surface area contributed by atoms with Gasteiger partial charge in [0.2, 0.25) is 0 Å². The molecule has 182 valence electrons. The Morgan fingerprint density at radius 3 is 2.27 bits per heavy atom. The van der Waals surface area contributed by atoms with Crippen molar-refractivity contribution in [2.45, 2.75) is 13.3 Å². The molecule has 0 saturated heterocycles. The number of nitrogens with one attached hydrogen (secondary N) is 1. The molecule has 2 aromatic heterocycles. The Bertz CT molecular complexity index is 1580. The summed E-state index contributed by atoms with van der Waals surface area (Å²) in [7, 11) is 0. The van der Waals surface area contributed by atoms with E-state index in [-0.39, 0.29) is 0 Å². The van der Waals surface area contributed by atoms with E-state index < -0.39 is 5.97 Å². The maximum absolute atomic E-state index is 10.9. The van der Waals surface area contributed by atoms with E-state index in [4.69, 9.17) is 9.84 Å². The highest BCUT2D eigenvalue weighted by Crippen LogP contribution is 2.36. The second kappa shape index (κ2) is 10.7. The molecule has 0 aliphatic carbocycles. The Kier molecular flexibility index (Phi) is 6.90. The van der Waals surface area contributed by atoms with Gasteiger partial charge in [0, 0.05) is 23.9 Å². The van der Waals surface area contributed by atoms with Gasteiger partial charge in [0.1, 0.15) is 11.5 Å². The van der Waals surface area contributed by atoms with Crippen molar-refractivity contribution in [1.82, 2.24) is 15.2 Å². The predicted octanol–water partition coefficient (Wildman–Crippen LogP) is 7.22. The Morgan fingerprint density at radius 2 is 1.57 bits per heavy atom. The minimum atomic E-state index is -0.970. The van der Waals surface area contributed by atoms with Crippen LogP contribution in [0.4, 0.5) is 0 Å². The number of pyridine rings is 1. The summed E-state index contributed by atoms with van der Waals surface area (Å²) in [4.78, 5) is 14.9. The molecule has 0 unspecified atom stereocenters. The number of benzene rings is 3. The van der Waals surface area contributed by atoms with Gasteiger partial charge in [0.25, 0.3) is 0 Å². The lowest BCUT2D eigenvalue weighted by atomic mass is 9.87. The summed E-state index contributed by atoms with van der Waals surface area (Å²) in [5.41, 5.74) is 7.33. The molecule has 0 aliphatic rings. The zero-order valence-corrected chi connectivity index (χ0v) is 20.3. The lowest BCUT2D eigenvalue weighted by Gasteiger charge is -2.17. The fourth-order valence-corrected chi connectivity index (χ4v) is 4.33. The Balaban J connectivity index is 1.58. The number of H-pyrrole nitrogens is 1. The van der Waals surface area contributed by atoms with Gasteiger partial charge in [-0.15, -0.1) is 0 Å². The summed E-state index contributed by atoms with van der Waals surface area (Å²) in [5.74, 6) is 0.518. The number of hydrogen-bond donors (Lipinski definition) is 2. The average Bonchev–Trinajstić information content (AvgIpc) is 3.40. The van der Waals surface area contributed by atoms with Crippen molar-refractivity contribution in [2.75, 3.05) is 0 Å². The molecule has 37 heavy (non-hydrogen) atoms. The monoisotopic (exact) mass is 487 g/mol. The van der Waals surface area contributed by atoms with E-state index in [0.29, 0.717) is 0 Å². The molecule has 0 amide bonds. The zero-order chi connectivity index (χ0) is 25.6. The van der Waals surface area contributed by atoms with Crippen LogP contribution in [0.15, 0.2) is 104 Å². The highest BCUT2D eigenvalue weighted by Gasteiger charge is 2.14. The first-order valence-corrected chi connectivity index (χ1v) is 12.0. The maximum atomic E-state index is 10.9. The standard InChI is InChI=1S/C31H25N3O3/c1-2-28(22-8-11-26(12-9-22)37-27-15-17-32-18-16-27)31(24-10-13-29-25(19-24)20-33-34-29)23-6-3-21(4-7-23)5-14-30(35)36/h3-20H,2H2,1H3,(H,33,34)(H,35,36)/b14-5+,31-28+. The summed E-state index contributed by atoms with van der Waals surface area (Å²) in [5, 5.41) is 17.2. The summed E-state index contributed by atoms with van der Waals surface area (Å²) in [6.45, 7) is 2.15. The number of nitrogens with zero attached hydrogens (tertiary/aromatic N) is 2. The molecular formula is C31H25N3O3. The molecule has 2 heterocycles. The number of carboxylic acid groups (broad SMARTS) is 1. The van der Waals surface area contributed by atoms with Crippen LogP contribution in [-0.4, -0.2) is 26.3 Å². The van der Waals surface area contributed by atoms with Crippen molar-refractivity contribution < 1.29 is 14.6 Å².